The number of halogens is 3. The van der Waals surface area contributed by atoms with Gasteiger partial charge in [-0.05, 0) is 12.1 Å². The zero-order chi connectivity index (χ0) is 14.6. The third kappa shape index (κ3) is 4.56. The fraction of sp³-hybridized carbons (Fsp3) is 0.333. The Morgan fingerprint density at radius 1 is 1.21 bits per heavy atom. The predicted molar refractivity (Wildman–Crippen MR) is 82.3 cm³/mol. The molecule has 0 bridgehead atoms. The first-order valence-electron chi connectivity index (χ1n) is 5.42. The molecular formula is C12H14Cl3N3O. The van der Waals surface area contributed by atoms with Crippen LogP contribution >= 0.6 is 34.8 Å². The molecule has 0 atom stereocenters. The highest BCUT2D eigenvalue weighted by molar-refractivity contribution is 6.41. The third-order valence-electron chi connectivity index (χ3n) is 2.24. The predicted octanol–water partition coefficient (Wildman–Crippen LogP) is 4.92. The van der Waals surface area contributed by atoms with Crippen LogP contribution in [0.15, 0.2) is 22.4 Å². The van der Waals surface area contributed by atoms with E-state index in [-0.39, 0.29) is 5.41 Å². The van der Waals surface area contributed by atoms with Crippen LogP contribution in [-0.2, 0) is 0 Å². The average molecular weight is 323 g/mol. The summed E-state index contributed by atoms with van der Waals surface area (Å²) >= 11 is 17.9. The maximum Gasteiger partial charge on any atom is 0.0935 e. The molecule has 0 aliphatic carbocycles. The lowest BCUT2D eigenvalue weighted by Gasteiger charge is -2.18. The highest BCUT2D eigenvalue weighted by atomic mass is 35.5. The first-order chi connectivity index (χ1) is 8.75. The highest BCUT2D eigenvalue weighted by Crippen LogP contribution is 2.33. The highest BCUT2D eigenvalue weighted by Gasteiger charge is 2.18. The van der Waals surface area contributed by atoms with Crippen LogP contribution in [0.4, 0.5) is 5.69 Å². The van der Waals surface area contributed by atoms with Crippen LogP contribution < -0.4 is 5.43 Å². The maximum absolute atomic E-state index is 8.63. The Morgan fingerprint density at radius 2 is 1.74 bits per heavy atom. The van der Waals surface area contributed by atoms with Gasteiger partial charge in [0.2, 0.25) is 0 Å². The molecule has 0 aromatic heterocycles. The number of benzene rings is 1. The van der Waals surface area contributed by atoms with E-state index in [1.54, 1.807) is 12.1 Å². The van der Waals surface area contributed by atoms with Gasteiger partial charge in [-0.1, -0.05) is 60.7 Å². The van der Waals surface area contributed by atoms with E-state index in [1.165, 1.54) is 6.21 Å². The quantitative estimate of drug-likeness (QED) is 0.471. The normalized spacial score (nSPS) is 13.1. The third-order valence-corrected chi connectivity index (χ3v) is 3.06. The Hall–Kier alpha value is -0.970. The summed E-state index contributed by atoms with van der Waals surface area (Å²) in [6, 6.07) is 3.12. The maximum atomic E-state index is 8.63. The van der Waals surface area contributed by atoms with Gasteiger partial charge in [-0.3, -0.25) is 5.43 Å². The van der Waals surface area contributed by atoms with Crippen molar-refractivity contribution >= 4 is 52.4 Å². The second kappa shape index (κ2) is 6.46. The standard InChI is InChI=1S/C12H14Cl3N3O/c1-12(2,3)10(6-16-19)17-18-11-8(14)4-7(13)5-9(11)15/h4-6,18-19H,1-3H3/b16-6-,17-10+. The summed E-state index contributed by atoms with van der Waals surface area (Å²) < 4.78 is 0. The first-order valence-corrected chi connectivity index (χ1v) is 6.55. The van der Waals surface area contributed by atoms with Gasteiger partial charge in [-0.2, -0.15) is 5.10 Å². The van der Waals surface area contributed by atoms with Gasteiger partial charge < -0.3 is 5.21 Å². The van der Waals surface area contributed by atoms with Gasteiger partial charge in [0.15, 0.2) is 0 Å². The van der Waals surface area contributed by atoms with E-state index in [1.807, 2.05) is 20.8 Å². The number of nitrogens with one attached hydrogen (secondary N) is 1. The van der Waals surface area contributed by atoms with Crippen molar-refractivity contribution in [2.24, 2.45) is 15.7 Å². The van der Waals surface area contributed by atoms with Crippen LogP contribution in [0.25, 0.3) is 0 Å². The van der Waals surface area contributed by atoms with Crippen molar-refractivity contribution in [1.29, 1.82) is 0 Å². The number of hydrogen-bond acceptors (Lipinski definition) is 4. The van der Waals surface area contributed by atoms with Crippen molar-refractivity contribution in [2.45, 2.75) is 20.8 Å². The van der Waals surface area contributed by atoms with E-state index >= 15 is 0 Å². The van der Waals surface area contributed by atoms with Crippen LogP contribution in [0, 0.1) is 5.41 Å². The molecule has 0 aliphatic rings. The molecule has 0 aliphatic heterocycles. The molecule has 0 unspecified atom stereocenters. The lowest BCUT2D eigenvalue weighted by molar-refractivity contribution is 0.322. The Kier molecular flexibility index (Phi) is 5.47. The summed E-state index contributed by atoms with van der Waals surface area (Å²) in [4.78, 5) is 0. The monoisotopic (exact) mass is 321 g/mol. The van der Waals surface area contributed by atoms with Crippen LogP contribution in [0.5, 0.6) is 0 Å². The van der Waals surface area contributed by atoms with Crippen molar-refractivity contribution in [3.8, 4) is 0 Å². The number of nitrogens with zero attached hydrogens (tertiary/aromatic N) is 2. The van der Waals surface area contributed by atoms with Crippen molar-refractivity contribution < 1.29 is 5.21 Å². The summed E-state index contributed by atoms with van der Waals surface area (Å²) in [6.07, 6.45) is 1.25. The molecule has 1 rings (SSSR count). The minimum atomic E-state index is -0.301. The largest absolute Gasteiger partial charge is 0.411 e. The Labute approximate surface area is 127 Å². The Morgan fingerprint density at radius 3 is 2.16 bits per heavy atom. The van der Waals surface area contributed by atoms with E-state index in [4.69, 9.17) is 40.0 Å². The van der Waals surface area contributed by atoms with Crippen molar-refractivity contribution in [2.75, 3.05) is 5.43 Å². The molecule has 0 fully saturated rings. The lowest BCUT2D eigenvalue weighted by atomic mass is 9.91. The summed E-state index contributed by atoms with van der Waals surface area (Å²) in [6.45, 7) is 5.79. The average Bonchev–Trinajstić information content (AvgIpc) is 2.24. The van der Waals surface area contributed by atoms with Gasteiger partial charge in [0, 0.05) is 10.4 Å². The molecule has 0 saturated heterocycles. The molecule has 7 heteroatoms. The Balaban J connectivity index is 3.09. The van der Waals surface area contributed by atoms with Gasteiger partial charge in [-0.15, -0.1) is 0 Å². The van der Waals surface area contributed by atoms with Crippen molar-refractivity contribution in [3.63, 3.8) is 0 Å². The van der Waals surface area contributed by atoms with E-state index in [9.17, 15) is 0 Å². The molecule has 104 valence electrons. The SMILES string of the molecule is CC(C)(C)C(/C=N\O)=N/Nc1c(Cl)cc(Cl)cc1Cl. The van der Waals surface area contributed by atoms with Crippen LogP contribution in [-0.4, -0.2) is 17.1 Å². The molecule has 19 heavy (non-hydrogen) atoms. The van der Waals surface area contributed by atoms with Crippen molar-refractivity contribution in [1.82, 2.24) is 0 Å². The summed E-state index contributed by atoms with van der Waals surface area (Å²) in [5.74, 6) is 0. The minimum Gasteiger partial charge on any atom is -0.411 e. The van der Waals surface area contributed by atoms with Crippen LogP contribution in [0.1, 0.15) is 20.8 Å². The second-order valence-corrected chi connectivity index (χ2v) is 6.10. The van der Waals surface area contributed by atoms with Gasteiger partial charge in [-0.25, -0.2) is 0 Å². The lowest BCUT2D eigenvalue weighted by Crippen LogP contribution is -2.23. The van der Waals surface area contributed by atoms with Crippen molar-refractivity contribution in [3.05, 3.63) is 27.2 Å². The zero-order valence-corrected chi connectivity index (χ0v) is 13.0. The molecule has 4 nitrogen and oxygen atoms in total. The van der Waals surface area contributed by atoms with Gasteiger partial charge >= 0.3 is 0 Å². The molecular weight excluding hydrogens is 309 g/mol. The van der Waals surface area contributed by atoms with Crippen LogP contribution in [0.3, 0.4) is 0 Å². The fourth-order valence-corrected chi connectivity index (χ4v) is 2.11. The molecule has 1 aromatic rings. The second-order valence-electron chi connectivity index (χ2n) is 4.85. The topological polar surface area (TPSA) is 57.0 Å². The van der Waals surface area contributed by atoms with Crippen LogP contribution in [0.2, 0.25) is 15.1 Å². The number of oxime groups is 1. The minimum absolute atomic E-state index is 0.301. The molecule has 0 heterocycles. The van der Waals surface area contributed by atoms with Gasteiger partial charge in [0.25, 0.3) is 0 Å². The number of hydrazone groups is 1. The van der Waals surface area contributed by atoms with E-state index in [0.29, 0.717) is 26.5 Å². The van der Waals surface area contributed by atoms with E-state index < -0.39 is 0 Å². The van der Waals surface area contributed by atoms with Gasteiger partial charge in [0.05, 0.1) is 27.7 Å². The number of rotatable bonds is 3. The molecule has 0 amide bonds. The summed E-state index contributed by atoms with van der Waals surface area (Å²) in [7, 11) is 0. The molecule has 1 aromatic carbocycles. The van der Waals surface area contributed by atoms with E-state index in [2.05, 4.69) is 15.7 Å². The zero-order valence-electron chi connectivity index (χ0n) is 10.7. The molecule has 0 radical (unpaired) electrons. The number of anilines is 1. The Bertz CT molecular complexity index is 498. The fourth-order valence-electron chi connectivity index (χ4n) is 1.21. The summed E-state index contributed by atoms with van der Waals surface area (Å²) in [5, 5.41) is 16.9. The molecule has 0 spiro atoms. The molecule has 2 N–H and O–H groups in total. The van der Waals surface area contributed by atoms with E-state index in [0.717, 1.165) is 0 Å². The summed E-state index contributed by atoms with van der Waals surface area (Å²) in [5.41, 5.74) is 3.45. The first kappa shape index (κ1) is 16.1. The smallest absolute Gasteiger partial charge is 0.0935 e. The molecule has 0 saturated carbocycles. The van der Waals surface area contributed by atoms with Gasteiger partial charge in [0.1, 0.15) is 0 Å². The number of hydrogen-bond donors (Lipinski definition) is 2.